The monoisotopic (exact) mass is 253 g/mol. The first-order valence-corrected chi connectivity index (χ1v) is 5.97. The third kappa shape index (κ3) is 3.58. The van der Waals surface area contributed by atoms with E-state index in [1.807, 2.05) is 6.92 Å². The van der Waals surface area contributed by atoms with Crippen LogP contribution >= 0.6 is 0 Å². The highest BCUT2D eigenvalue weighted by Gasteiger charge is 2.17. The Morgan fingerprint density at radius 2 is 2.11 bits per heavy atom. The summed E-state index contributed by atoms with van der Waals surface area (Å²) in [7, 11) is 0. The van der Waals surface area contributed by atoms with Crippen LogP contribution in [0.1, 0.15) is 41.5 Å². The number of carboxylic acids is 1. The molecule has 6 nitrogen and oxygen atoms in total. The predicted octanol–water partition coefficient (Wildman–Crippen LogP) is 1.26. The van der Waals surface area contributed by atoms with Crippen molar-refractivity contribution in [2.75, 3.05) is 6.54 Å². The second-order valence-electron chi connectivity index (χ2n) is 4.39. The molecule has 0 aliphatic rings. The maximum atomic E-state index is 11.9. The highest BCUT2D eigenvalue weighted by molar-refractivity contribution is 5.96. The molecule has 0 fully saturated rings. The molecule has 0 spiro atoms. The Morgan fingerprint density at radius 1 is 1.44 bits per heavy atom. The second kappa shape index (κ2) is 6.18. The summed E-state index contributed by atoms with van der Waals surface area (Å²) in [5.41, 5.74) is 1.91. The van der Waals surface area contributed by atoms with E-state index < -0.39 is 5.97 Å². The molecule has 3 N–H and O–H groups in total. The van der Waals surface area contributed by atoms with Gasteiger partial charge in [0, 0.05) is 18.7 Å². The van der Waals surface area contributed by atoms with E-state index >= 15 is 0 Å². The summed E-state index contributed by atoms with van der Waals surface area (Å²) in [6.45, 7) is 5.82. The number of aliphatic carboxylic acids is 1. The number of nitrogens with zero attached hydrogens (tertiary/aromatic N) is 1. The molecule has 0 aliphatic heterocycles. The zero-order valence-electron chi connectivity index (χ0n) is 10.9. The fraction of sp³-hybridized carbons (Fsp3) is 0.583. The third-order valence-corrected chi connectivity index (χ3v) is 2.95. The van der Waals surface area contributed by atoms with E-state index in [4.69, 9.17) is 5.11 Å². The van der Waals surface area contributed by atoms with Crippen molar-refractivity contribution >= 4 is 11.9 Å². The topological polar surface area (TPSA) is 95.1 Å². The second-order valence-corrected chi connectivity index (χ2v) is 4.39. The van der Waals surface area contributed by atoms with Crippen LogP contribution in [-0.2, 0) is 4.79 Å². The molecule has 1 heterocycles. The van der Waals surface area contributed by atoms with Crippen LogP contribution in [0.15, 0.2) is 0 Å². The summed E-state index contributed by atoms with van der Waals surface area (Å²) in [6, 6.07) is 0. The lowest BCUT2D eigenvalue weighted by Gasteiger charge is -2.13. The van der Waals surface area contributed by atoms with Crippen molar-refractivity contribution < 1.29 is 14.7 Å². The number of nitrogens with one attached hydrogen (secondary N) is 2. The molecule has 1 unspecified atom stereocenters. The molecule has 1 atom stereocenters. The van der Waals surface area contributed by atoms with Crippen LogP contribution in [0.3, 0.4) is 0 Å². The average Bonchev–Trinajstić information content (AvgIpc) is 2.63. The van der Waals surface area contributed by atoms with E-state index in [2.05, 4.69) is 15.5 Å². The zero-order valence-corrected chi connectivity index (χ0v) is 10.9. The molecule has 0 bridgehead atoms. The Bertz CT molecular complexity index is 420. The largest absolute Gasteiger partial charge is 0.481 e. The van der Waals surface area contributed by atoms with E-state index in [0.717, 1.165) is 12.1 Å². The molecule has 0 aliphatic carbocycles. The van der Waals surface area contributed by atoms with Crippen LogP contribution in [-0.4, -0.2) is 33.7 Å². The summed E-state index contributed by atoms with van der Waals surface area (Å²) >= 11 is 0. The van der Waals surface area contributed by atoms with Crippen molar-refractivity contribution in [1.29, 1.82) is 0 Å². The summed E-state index contributed by atoms with van der Waals surface area (Å²) in [6.07, 6.45) is 0.788. The van der Waals surface area contributed by atoms with Gasteiger partial charge in [0.15, 0.2) is 0 Å². The Labute approximate surface area is 106 Å². The van der Waals surface area contributed by atoms with E-state index in [1.54, 1.807) is 13.8 Å². The van der Waals surface area contributed by atoms with Gasteiger partial charge in [-0.2, -0.15) is 5.10 Å². The number of H-pyrrole nitrogens is 1. The molecule has 18 heavy (non-hydrogen) atoms. The molecule has 0 saturated heterocycles. The minimum Gasteiger partial charge on any atom is -0.481 e. The number of aromatic amines is 1. The van der Waals surface area contributed by atoms with Gasteiger partial charge in [-0.05, 0) is 19.8 Å². The first-order valence-electron chi connectivity index (χ1n) is 5.97. The normalized spacial score (nSPS) is 12.2. The molecule has 0 aromatic carbocycles. The minimum atomic E-state index is -0.841. The van der Waals surface area contributed by atoms with Gasteiger partial charge in [0.2, 0.25) is 0 Å². The van der Waals surface area contributed by atoms with E-state index in [1.165, 1.54) is 0 Å². The number of hydrogen-bond donors (Lipinski definition) is 3. The fourth-order valence-corrected chi connectivity index (χ4v) is 1.82. The third-order valence-electron chi connectivity index (χ3n) is 2.95. The van der Waals surface area contributed by atoms with Gasteiger partial charge in [-0.3, -0.25) is 14.7 Å². The van der Waals surface area contributed by atoms with Gasteiger partial charge in [-0.1, -0.05) is 13.3 Å². The molecule has 1 aromatic rings. The average molecular weight is 253 g/mol. The Kier molecular flexibility index (Phi) is 4.88. The maximum absolute atomic E-state index is 11.9. The van der Waals surface area contributed by atoms with Crippen molar-refractivity contribution in [3.8, 4) is 0 Å². The molecule has 6 heteroatoms. The molecule has 1 amide bonds. The lowest BCUT2D eigenvalue weighted by atomic mass is 10.0. The number of aromatic nitrogens is 2. The van der Waals surface area contributed by atoms with Crippen LogP contribution in [0.2, 0.25) is 0 Å². The number of rotatable bonds is 6. The van der Waals surface area contributed by atoms with Crippen LogP contribution in [0, 0.1) is 19.8 Å². The SMILES string of the molecule is CCC(CNC(=O)c1c(C)n[nH]c1C)CC(=O)O. The summed E-state index contributed by atoms with van der Waals surface area (Å²) in [5.74, 6) is -1.09. The lowest BCUT2D eigenvalue weighted by molar-refractivity contribution is -0.138. The van der Waals surface area contributed by atoms with Crippen molar-refractivity contribution in [3.05, 3.63) is 17.0 Å². The number of amides is 1. The van der Waals surface area contributed by atoms with Crippen LogP contribution in [0.4, 0.5) is 0 Å². The van der Waals surface area contributed by atoms with Gasteiger partial charge >= 0.3 is 5.97 Å². The molecule has 1 rings (SSSR count). The van der Waals surface area contributed by atoms with E-state index in [-0.39, 0.29) is 18.2 Å². The number of carbonyl (C=O) groups is 2. The maximum Gasteiger partial charge on any atom is 0.303 e. The van der Waals surface area contributed by atoms with Gasteiger partial charge in [0.25, 0.3) is 5.91 Å². The minimum absolute atomic E-state index is 0.0426. The van der Waals surface area contributed by atoms with Crippen molar-refractivity contribution in [1.82, 2.24) is 15.5 Å². The van der Waals surface area contributed by atoms with E-state index in [9.17, 15) is 9.59 Å². The highest BCUT2D eigenvalue weighted by Crippen LogP contribution is 2.10. The number of aryl methyl sites for hydroxylation is 2. The van der Waals surface area contributed by atoms with E-state index in [0.29, 0.717) is 17.8 Å². The zero-order chi connectivity index (χ0) is 13.7. The van der Waals surface area contributed by atoms with Crippen molar-refractivity contribution in [3.63, 3.8) is 0 Å². The van der Waals surface area contributed by atoms with Gasteiger partial charge < -0.3 is 10.4 Å². The summed E-state index contributed by atoms with van der Waals surface area (Å²) in [5, 5.41) is 18.2. The van der Waals surface area contributed by atoms with Gasteiger partial charge in [-0.15, -0.1) is 0 Å². The van der Waals surface area contributed by atoms with Crippen LogP contribution in [0.5, 0.6) is 0 Å². The highest BCUT2D eigenvalue weighted by atomic mass is 16.4. The van der Waals surface area contributed by atoms with Gasteiger partial charge in [-0.25, -0.2) is 0 Å². The molecule has 1 aromatic heterocycles. The molecular weight excluding hydrogens is 234 g/mol. The first-order chi connectivity index (χ1) is 8.45. The smallest absolute Gasteiger partial charge is 0.303 e. The molecular formula is C12H19N3O3. The standard InChI is InChI=1S/C12H19N3O3/c1-4-9(5-10(16)17)6-13-12(18)11-7(2)14-15-8(11)3/h9H,4-6H2,1-3H3,(H,13,18)(H,14,15)(H,16,17). The number of hydrogen-bond acceptors (Lipinski definition) is 3. The lowest BCUT2D eigenvalue weighted by Crippen LogP contribution is -2.30. The van der Waals surface area contributed by atoms with Crippen LogP contribution < -0.4 is 5.32 Å². The van der Waals surface area contributed by atoms with Crippen molar-refractivity contribution in [2.24, 2.45) is 5.92 Å². The molecule has 0 saturated carbocycles. The summed E-state index contributed by atoms with van der Waals surface area (Å²) in [4.78, 5) is 22.6. The van der Waals surface area contributed by atoms with Crippen molar-refractivity contribution in [2.45, 2.75) is 33.6 Å². The quantitative estimate of drug-likeness (QED) is 0.711. The fourth-order valence-electron chi connectivity index (χ4n) is 1.82. The van der Waals surface area contributed by atoms with Crippen LogP contribution in [0.25, 0.3) is 0 Å². The number of carboxylic acid groups (broad SMARTS) is 1. The van der Waals surface area contributed by atoms with Gasteiger partial charge in [0.1, 0.15) is 0 Å². The first kappa shape index (κ1) is 14.2. The molecule has 100 valence electrons. The number of carbonyl (C=O) groups excluding carboxylic acids is 1. The Hall–Kier alpha value is -1.85. The predicted molar refractivity (Wildman–Crippen MR) is 66.4 cm³/mol. The van der Waals surface area contributed by atoms with Gasteiger partial charge in [0.05, 0.1) is 11.3 Å². The Morgan fingerprint density at radius 3 is 2.56 bits per heavy atom. The molecule has 0 radical (unpaired) electrons. The summed E-state index contributed by atoms with van der Waals surface area (Å²) < 4.78 is 0. The Balaban J connectivity index is 2.58.